The molecule has 0 unspecified atom stereocenters. The van der Waals surface area contributed by atoms with Gasteiger partial charge in [-0.15, -0.1) is 0 Å². The maximum absolute atomic E-state index is 11.1. The topological polar surface area (TPSA) is 46.2 Å². The van der Waals surface area contributed by atoms with E-state index in [1.165, 1.54) is 17.4 Å². The Morgan fingerprint density at radius 1 is 1.20 bits per heavy atom. The molecule has 1 aromatic carbocycles. The summed E-state index contributed by atoms with van der Waals surface area (Å²) < 4.78 is 24.7. The second-order valence-electron chi connectivity index (χ2n) is 3.96. The van der Waals surface area contributed by atoms with Crippen molar-refractivity contribution in [2.24, 2.45) is 0 Å². The Bertz CT molecular complexity index is 452. The zero-order chi connectivity index (χ0) is 11.6. The van der Waals surface area contributed by atoms with E-state index in [1.807, 2.05) is 39.0 Å². The molecule has 0 fully saturated rings. The molecule has 1 rings (SSSR count). The Morgan fingerprint density at radius 3 is 2.27 bits per heavy atom. The van der Waals surface area contributed by atoms with Gasteiger partial charge >= 0.3 is 0 Å². The zero-order valence-corrected chi connectivity index (χ0v) is 10.4. The van der Waals surface area contributed by atoms with Crippen LogP contribution in [0.4, 0.5) is 0 Å². The summed E-state index contributed by atoms with van der Waals surface area (Å²) in [7, 11) is -3.14. The van der Waals surface area contributed by atoms with Crippen molar-refractivity contribution in [1.29, 1.82) is 0 Å². The first-order valence-electron chi connectivity index (χ1n) is 4.84. The third-order valence-electron chi connectivity index (χ3n) is 2.42. The predicted molar refractivity (Wildman–Crippen MR) is 62.3 cm³/mol. The smallest absolute Gasteiger partial charge is 0.209 e. The molecular weight excluding hydrogens is 210 g/mol. The van der Waals surface area contributed by atoms with Gasteiger partial charge in [0.05, 0.1) is 6.26 Å². The van der Waals surface area contributed by atoms with Crippen molar-refractivity contribution < 1.29 is 8.42 Å². The first-order chi connectivity index (χ1) is 6.79. The van der Waals surface area contributed by atoms with Gasteiger partial charge in [-0.1, -0.05) is 18.2 Å². The lowest BCUT2D eigenvalue weighted by Gasteiger charge is -2.13. The largest absolute Gasteiger partial charge is 0.213 e. The van der Waals surface area contributed by atoms with Gasteiger partial charge in [0.1, 0.15) is 0 Å². The molecule has 0 aliphatic carbocycles. The van der Waals surface area contributed by atoms with Gasteiger partial charge in [-0.05, 0) is 37.5 Å². The van der Waals surface area contributed by atoms with Crippen molar-refractivity contribution in [1.82, 2.24) is 4.72 Å². The molecule has 1 N–H and O–H groups in total. The molecular formula is C11H17NO2S. The Kier molecular flexibility index (Phi) is 3.52. The zero-order valence-electron chi connectivity index (χ0n) is 9.53. The highest BCUT2D eigenvalue weighted by molar-refractivity contribution is 7.88. The van der Waals surface area contributed by atoms with Crippen molar-refractivity contribution in [3.8, 4) is 0 Å². The van der Waals surface area contributed by atoms with Gasteiger partial charge in [0, 0.05) is 6.04 Å². The van der Waals surface area contributed by atoms with Crippen molar-refractivity contribution in [2.75, 3.05) is 6.26 Å². The molecule has 84 valence electrons. The van der Waals surface area contributed by atoms with Crippen molar-refractivity contribution in [3.05, 3.63) is 34.9 Å². The van der Waals surface area contributed by atoms with Crippen LogP contribution < -0.4 is 4.72 Å². The molecule has 0 radical (unpaired) electrons. The summed E-state index contributed by atoms with van der Waals surface area (Å²) >= 11 is 0. The summed E-state index contributed by atoms with van der Waals surface area (Å²) in [5.74, 6) is 0. The van der Waals surface area contributed by atoms with E-state index in [0.717, 1.165) is 5.56 Å². The molecule has 3 nitrogen and oxygen atoms in total. The number of rotatable bonds is 3. The standard InChI is InChI=1S/C11H17NO2S/c1-8-5-6-11(7-9(8)2)10(3)12-15(4,13)14/h5-7,10,12H,1-4H3/t10-/m0/s1. The maximum Gasteiger partial charge on any atom is 0.209 e. The quantitative estimate of drug-likeness (QED) is 0.857. The van der Waals surface area contributed by atoms with Gasteiger partial charge in [0.25, 0.3) is 0 Å². The second-order valence-corrected chi connectivity index (χ2v) is 5.74. The lowest BCUT2D eigenvalue weighted by Crippen LogP contribution is -2.25. The molecule has 0 amide bonds. The summed E-state index contributed by atoms with van der Waals surface area (Å²) in [5.41, 5.74) is 3.38. The lowest BCUT2D eigenvalue weighted by molar-refractivity contribution is 0.573. The van der Waals surface area contributed by atoms with Crippen LogP contribution in [0.15, 0.2) is 18.2 Å². The Balaban J connectivity index is 2.92. The third-order valence-corrected chi connectivity index (χ3v) is 3.20. The second kappa shape index (κ2) is 4.33. The fourth-order valence-corrected chi connectivity index (χ4v) is 2.20. The number of aryl methyl sites for hydroxylation is 2. The molecule has 0 heterocycles. The monoisotopic (exact) mass is 227 g/mol. The van der Waals surface area contributed by atoms with E-state index in [0.29, 0.717) is 0 Å². The number of nitrogens with one attached hydrogen (secondary N) is 1. The van der Waals surface area contributed by atoms with Crippen LogP contribution in [0.25, 0.3) is 0 Å². The van der Waals surface area contributed by atoms with Crippen molar-refractivity contribution in [3.63, 3.8) is 0 Å². The minimum Gasteiger partial charge on any atom is -0.213 e. The number of benzene rings is 1. The maximum atomic E-state index is 11.1. The van der Waals surface area contributed by atoms with Gasteiger partial charge in [0.15, 0.2) is 0 Å². The van der Waals surface area contributed by atoms with Crippen LogP contribution in [-0.2, 0) is 10.0 Å². The van der Waals surface area contributed by atoms with Gasteiger partial charge in [-0.3, -0.25) is 0 Å². The molecule has 1 aromatic rings. The minimum atomic E-state index is -3.14. The Labute approximate surface area is 91.6 Å². The van der Waals surface area contributed by atoms with Crippen LogP contribution >= 0.6 is 0 Å². The minimum absolute atomic E-state index is 0.181. The number of sulfonamides is 1. The van der Waals surface area contributed by atoms with E-state index in [1.54, 1.807) is 0 Å². The van der Waals surface area contributed by atoms with E-state index >= 15 is 0 Å². The van der Waals surface area contributed by atoms with E-state index in [9.17, 15) is 8.42 Å². The normalized spacial score (nSPS) is 13.9. The first-order valence-corrected chi connectivity index (χ1v) is 6.73. The van der Waals surface area contributed by atoms with Crippen LogP contribution in [0.2, 0.25) is 0 Å². The van der Waals surface area contributed by atoms with E-state index in [-0.39, 0.29) is 6.04 Å². The van der Waals surface area contributed by atoms with Crippen LogP contribution in [-0.4, -0.2) is 14.7 Å². The van der Waals surface area contributed by atoms with Crippen molar-refractivity contribution >= 4 is 10.0 Å². The van der Waals surface area contributed by atoms with Gasteiger partial charge in [0.2, 0.25) is 10.0 Å². The highest BCUT2D eigenvalue weighted by atomic mass is 32.2. The molecule has 0 aromatic heterocycles. The van der Waals surface area contributed by atoms with E-state index < -0.39 is 10.0 Å². The van der Waals surface area contributed by atoms with Gasteiger partial charge in [-0.25, -0.2) is 13.1 Å². The summed E-state index contributed by atoms with van der Waals surface area (Å²) in [5, 5.41) is 0. The Hall–Kier alpha value is -0.870. The van der Waals surface area contributed by atoms with Crippen LogP contribution in [0, 0.1) is 13.8 Å². The molecule has 15 heavy (non-hydrogen) atoms. The summed E-state index contributed by atoms with van der Waals surface area (Å²) in [4.78, 5) is 0. The molecule has 0 saturated carbocycles. The lowest BCUT2D eigenvalue weighted by atomic mass is 10.0. The molecule has 0 bridgehead atoms. The Morgan fingerprint density at radius 2 is 1.80 bits per heavy atom. The molecule has 0 saturated heterocycles. The van der Waals surface area contributed by atoms with E-state index in [2.05, 4.69) is 4.72 Å². The SMILES string of the molecule is Cc1ccc([C@H](C)NS(C)(=O)=O)cc1C. The molecule has 4 heteroatoms. The van der Waals surface area contributed by atoms with Gasteiger partial charge < -0.3 is 0 Å². The van der Waals surface area contributed by atoms with Crippen LogP contribution in [0.3, 0.4) is 0 Å². The van der Waals surface area contributed by atoms with Crippen molar-refractivity contribution in [2.45, 2.75) is 26.8 Å². The highest BCUT2D eigenvalue weighted by Gasteiger charge is 2.10. The van der Waals surface area contributed by atoms with E-state index in [4.69, 9.17) is 0 Å². The summed E-state index contributed by atoms with van der Waals surface area (Å²) in [6.07, 6.45) is 1.17. The predicted octanol–water partition coefficient (Wildman–Crippen LogP) is 1.91. The molecule has 0 aliphatic rings. The average molecular weight is 227 g/mol. The molecule has 1 atom stereocenters. The fourth-order valence-electron chi connectivity index (χ4n) is 1.42. The third kappa shape index (κ3) is 3.64. The summed E-state index contributed by atoms with van der Waals surface area (Å²) in [6.45, 7) is 5.89. The van der Waals surface area contributed by atoms with Crippen LogP contribution in [0.5, 0.6) is 0 Å². The molecule has 0 spiro atoms. The molecule has 0 aliphatic heterocycles. The first kappa shape index (κ1) is 12.2. The van der Waals surface area contributed by atoms with Gasteiger partial charge in [-0.2, -0.15) is 0 Å². The fraction of sp³-hybridized carbons (Fsp3) is 0.455. The highest BCUT2D eigenvalue weighted by Crippen LogP contribution is 2.17. The number of hydrogen-bond donors (Lipinski definition) is 1. The summed E-state index contributed by atoms with van der Waals surface area (Å²) in [6, 6.07) is 5.79. The number of hydrogen-bond acceptors (Lipinski definition) is 2. The average Bonchev–Trinajstić information content (AvgIpc) is 2.06. The van der Waals surface area contributed by atoms with Crippen LogP contribution in [0.1, 0.15) is 29.7 Å².